The minimum Gasteiger partial charge on any atom is -0.385 e. The average Bonchev–Trinajstić information content (AvgIpc) is 1.63. The van der Waals surface area contributed by atoms with Crippen LogP contribution in [0.1, 0.15) is 218 Å². The van der Waals surface area contributed by atoms with Gasteiger partial charge in [-0.05, 0) is 250 Å². The van der Waals surface area contributed by atoms with Crippen LogP contribution >= 0.6 is 0 Å². The number of ether oxygens (including phenoxy) is 2. The van der Waals surface area contributed by atoms with Crippen molar-refractivity contribution in [3.8, 4) is 0 Å². The Balaban J connectivity index is 0.000000168. The molecule has 10 aromatic carbocycles. The van der Waals surface area contributed by atoms with Crippen molar-refractivity contribution in [3.05, 3.63) is 296 Å². The van der Waals surface area contributed by atoms with Gasteiger partial charge in [0.2, 0.25) is 0 Å². The first-order valence-corrected chi connectivity index (χ1v) is 52.1. The summed E-state index contributed by atoms with van der Waals surface area (Å²) >= 11 is 0. The number of fused-ring (bicyclic) bond motifs is 10. The van der Waals surface area contributed by atoms with Crippen molar-refractivity contribution >= 4 is 84.7 Å². The number of carbonyl (C=O) groups excluding carboxylic acids is 2. The molecule has 0 aliphatic carbocycles. The number of hydrogen-bond donors (Lipinski definition) is 5. The number of hydrogen-bond acceptors (Lipinski definition) is 19. The van der Waals surface area contributed by atoms with E-state index in [2.05, 4.69) is 47.4 Å². The highest BCUT2D eigenvalue weighted by atomic mass is 32.2. The molecule has 0 amide bonds. The van der Waals surface area contributed by atoms with Crippen molar-refractivity contribution in [2.45, 2.75) is 194 Å². The van der Waals surface area contributed by atoms with Crippen molar-refractivity contribution in [2.75, 3.05) is 116 Å². The third-order valence-corrected chi connectivity index (χ3v) is 33.2. The van der Waals surface area contributed by atoms with Crippen molar-refractivity contribution in [1.29, 1.82) is 0 Å². The highest BCUT2D eigenvalue weighted by Gasteiger charge is 2.41. The molecule has 0 spiro atoms. The van der Waals surface area contributed by atoms with Crippen molar-refractivity contribution in [1.82, 2.24) is 26.6 Å². The third kappa shape index (κ3) is 23.6. The lowest BCUT2D eigenvalue weighted by atomic mass is 9.96. The van der Waals surface area contributed by atoms with E-state index in [-0.39, 0.29) is 36.4 Å². The minimum atomic E-state index is -3.60. The first-order chi connectivity index (χ1) is 62.2. The van der Waals surface area contributed by atoms with Crippen LogP contribution in [-0.2, 0) is 69.2 Å². The Hall–Kier alpha value is -9.95. The standard InChI is InChI=1S/C23H32N2O2S.C20H26N2O3S.C20H26N2O2S.C19H24N2O3S.C18H22N2O2S.CO2/c1-4-5-6-7-8-11-16-24-23-19-12-9-10-13-21(19)25(3)28(26,27)22-17-18(2)14-15-20(22)23;1-4-25-13-7-12-21-20-16-8-5-6-9-18(16)22(3)26(23,24)19-14-15(2)10-11-17(19)20;1-4-5-8-13-21-20-16-9-6-7-10-18(16)22(3)25(23,24)19-14-15(2)11-12-17(19)20;1-14-9-10-16-18(13-14)25(22,23)21(2)17-8-5-4-7-15(17)19(16)20-11-6-12-24-3;1-4-11-19-18-14-7-5-6-8-16(14)20(3)23(21,22)17-12-13(2)9-10-15(17)18;2-1-3/h9-10,12-15,17,23-24H,4-8,11,16H2,1-3H3;5-6,8-11,14,20-21H,4,7,12-13H2,1-3H3;6-7,9-12,14,20-21H,4-5,8,13H2,1-3H3;4-5,7-10,13,19-20H,6,11-12H2,1-3H3;5-10,12,18-19H,4,11H2,1-3H3;. The minimum absolute atomic E-state index is 0.122. The Morgan fingerprint density at radius 1 is 0.277 bits per heavy atom. The molecule has 29 heteroatoms. The summed E-state index contributed by atoms with van der Waals surface area (Å²) in [4.78, 5) is 18.2. The summed E-state index contributed by atoms with van der Waals surface area (Å²) in [6, 6.07) is 66.4. The quantitative estimate of drug-likeness (QED) is 0.0299. The van der Waals surface area contributed by atoms with Crippen molar-refractivity contribution in [3.63, 3.8) is 0 Å². The lowest BCUT2D eigenvalue weighted by Crippen LogP contribution is -2.26. The van der Waals surface area contributed by atoms with Gasteiger partial charge in [-0.15, -0.1) is 0 Å². The fraction of sp³-hybridized carbons (Fsp3) is 0.396. The lowest BCUT2D eigenvalue weighted by molar-refractivity contribution is -0.191. The van der Waals surface area contributed by atoms with Gasteiger partial charge in [-0.3, -0.25) is 21.5 Å². The molecule has 24 nitrogen and oxygen atoms in total. The zero-order chi connectivity index (χ0) is 94.3. The van der Waals surface area contributed by atoms with Crippen LogP contribution in [0.2, 0.25) is 0 Å². The topological polar surface area (TPSA) is 300 Å². The first-order valence-electron chi connectivity index (χ1n) is 44.9. The summed E-state index contributed by atoms with van der Waals surface area (Å²) < 4.78 is 149. The molecule has 0 aromatic heterocycles. The number of nitrogens with one attached hydrogen (secondary N) is 5. The van der Waals surface area contributed by atoms with Crippen LogP contribution in [0.4, 0.5) is 28.4 Å². The van der Waals surface area contributed by atoms with Gasteiger partial charge in [-0.25, -0.2) is 42.1 Å². The first kappa shape index (κ1) is 102. The second-order valence-corrected chi connectivity index (χ2v) is 42.9. The van der Waals surface area contributed by atoms with E-state index in [9.17, 15) is 42.1 Å². The molecule has 5 heterocycles. The fourth-order valence-corrected chi connectivity index (χ4v) is 24.7. The largest absolute Gasteiger partial charge is 0.385 e. The second kappa shape index (κ2) is 46.9. The summed E-state index contributed by atoms with van der Waals surface area (Å²) in [5.41, 5.74) is 17.4. The summed E-state index contributed by atoms with van der Waals surface area (Å²) in [6.07, 6.45) is 13.8. The van der Waals surface area contributed by atoms with E-state index >= 15 is 0 Å². The number of sulfonamides is 5. The number of methoxy groups -OCH3 is 1. The van der Waals surface area contributed by atoms with Gasteiger partial charge in [-0.2, -0.15) is 9.59 Å². The lowest BCUT2D eigenvalue weighted by Gasteiger charge is -2.22. The van der Waals surface area contributed by atoms with Gasteiger partial charge in [0.15, 0.2) is 0 Å². The van der Waals surface area contributed by atoms with Crippen LogP contribution in [0.5, 0.6) is 0 Å². The number of rotatable bonds is 27. The van der Waals surface area contributed by atoms with Gasteiger partial charge in [0.1, 0.15) is 0 Å². The molecule has 130 heavy (non-hydrogen) atoms. The number of anilines is 5. The van der Waals surface area contributed by atoms with Crippen LogP contribution in [0.25, 0.3) is 0 Å². The third-order valence-electron chi connectivity index (χ3n) is 24.0. The molecule has 0 saturated heterocycles. The predicted octanol–water partition coefficient (Wildman–Crippen LogP) is 17.9. The molecule has 0 fully saturated rings. The molecule has 5 atom stereocenters. The van der Waals surface area contributed by atoms with Gasteiger partial charge in [0.05, 0.1) is 83.1 Å². The molecule has 15 rings (SSSR count). The Bertz CT molecular complexity index is 6010. The number of nitrogens with zero attached hydrogens (tertiary/aromatic N) is 5. The Morgan fingerprint density at radius 2 is 0.492 bits per heavy atom. The highest BCUT2D eigenvalue weighted by molar-refractivity contribution is 7.94. The molecule has 10 aromatic rings. The Kier molecular flexibility index (Phi) is 36.9. The zero-order valence-corrected chi connectivity index (χ0v) is 81.8. The molecule has 5 unspecified atom stereocenters. The molecule has 0 radical (unpaired) electrons. The van der Waals surface area contributed by atoms with Crippen LogP contribution in [0.15, 0.2) is 237 Å². The predicted molar refractivity (Wildman–Crippen MR) is 521 cm³/mol. The Morgan fingerprint density at radius 3 is 0.738 bits per heavy atom. The van der Waals surface area contributed by atoms with E-state index in [1.165, 1.54) is 60.1 Å². The number of aryl methyl sites for hydroxylation is 5. The fourth-order valence-electron chi connectivity index (χ4n) is 17.0. The van der Waals surface area contributed by atoms with Crippen LogP contribution in [0.3, 0.4) is 0 Å². The molecule has 698 valence electrons. The SMILES string of the molecule is CCCCCCCCNC1c2ccccc2N(C)S(=O)(=O)c2cc(C)ccc21.CCCCCNC1c2ccccc2N(C)S(=O)(=O)c2cc(C)ccc21.CCCNC1c2ccccc2N(C)S(=O)(=O)c2cc(C)ccc21.CCOCCCNC1c2ccccc2N(C)S(=O)(=O)c2cc(C)ccc21.COCCCNC1c2ccccc2N(C)S(=O)(=O)c2cc(C)ccc21.O=C=O. The maximum absolute atomic E-state index is 13.3. The van der Waals surface area contributed by atoms with E-state index in [1.807, 2.05) is 224 Å². The zero-order valence-electron chi connectivity index (χ0n) is 77.7. The van der Waals surface area contributed by atoms with Gasteiger partial charge in [-0.1, -0.05) is 217 Å². The van der Waals surface area contributed by atoms with E-state index in [4.69, 9.17) is 19.1 Å². The average molecular weight is 1870 g/mol. The summed E-state index contributed by atoms with van der Waals surface area (Å²) in [7, 11) is -8.06. The second-order valence-electron chi connectivity index (χ2n) is 33.3. The smallest absolute Gasteiger partial charge is 0.373 e. The van der Waals surface area contributed by atoms with Gasteiger partial charge in [0.25, 0.3) is 50.1 Å². The molecule has 0 bridgehead atoms. The van der Waals surface area contributed by atoms with E-state index in [0.29, 0.717) is 55.7 Å². The molecule has 0 saturated carbocycles. The molecular formula is C101H130N10O14S5. The summed E-state index contributed by atoms with van der Waals surface area (Å²) in [5.74, 6) is 0. The number of benzene rings is 10. The maximum atomic E-state index is 13.3. The van der Waals surface area contributed by atoms with E-state index in [1.54, 1.807) is 72.7 Å². The normalized spacial score (nSPS) is 17.9. The highest BCUT2D eigenvalue weighted by Crippen LogP contribution is 2.47. The van der Waals surface area contributed by atoms with Gasteiger partial charge in [0, 0.05) is 62.2 Å². The van der Waals surface area contributed by atoms with Gasteiger partial charge < -0.3 is 36.1 Å². The molecular weight excluding hydrogens is 1740 g/mol. The summed E-state index contributed by atoms with van der Waals surface area (Å²) in [6.45, 7) is 24.2. The van der Waals surface area contributed by atoms with Crippen molar-refractivity contribution < 1.29 is 61.2 Å². The van der Waals surface area contributed by atoms with Crippen LogP contribution in [0, 0.1) is 34.6 Å². The molecule has 5 aliphatic rings. The van der Waals surface area contributed by atoms with Crippen molar-refractivity contribution in [2.24, 2.45) is 0 Å². The number of para-hydroxylation sites is 5. The molecule has 5 aliphatic heterocycles. The monoisotopic (exact) mass is 1870 g/mol. The maximum Gasteiger partial charge on any atom is 0.373 e. The number of unbranched alkanes of at least 4 members (excludes halogenated alkanes) is 7. The molecule has 5 N–H and O–H groups in total. The van der Waals surface area contributed by atoms with Crippen LogP contribution < -0.4 is 48.1 Å². The van der Waals surface area contributed by atoms with Crippen LogP contribution in [-0.4, -0.2) is 143 Å². The summed E-state index contributed by atoms with van der Waals surface area (Å²) in [5, 5.41) is 17.8. The van der Waals surface area contributed by atoms with Gasteiger partial charge >= 0.3 is 6.15 Å². The Labute approximate surface area is 773 Å². The van der Waals surface area contributed by atoms with E-state index < -0.39 is 50.1 Å². The van der Waals surface area contributed by atoms with E-state index in [0.717, 1.165) is 172 Å².